The van der Waals surface area contributed by atoms with E-state index in [1.54, 1.807) is 0 Å². The summed E-state index contributed by atoms with van der Waals surface area (Å²) in [5.74, 6) is -0.185. The first-order valence-electron chi connectivity index (χ1n) is 5.91. The number of nitrogens with one attached hydrogen (secondary N) is 1. The summed E-state index contributed by atoms with van der Waals surface area (Å²) in [6, 6.07) is 2.04. The molecular weight excluding hydrogens is 313 g/mol. The topological polar surface area (TPSA) is 89.3 Å². The molecule has 1 aliphatic rings. The molecule has 1 aliphatic heterocycles. The highest BCUT2D eigenvalue weighted by molar-refractivity contribution is 7.91. The van der Waals surface area contributed by atoms with Crippen molar-refractivity contribution in [1.82, 2.24) is 0 Å². The van der Waals surface area contributed by atoms with Crippen LogP contribution in [-0.4, -0.2) is 30.9 Å². The van der Waals surface area contributed by atoms with Gasteiger partial charge in [0.05, 0.1) is 16.4 Å². The SMILES string of the molecule is O=[N+]([O-])c1ccc(NC2CCS(=O)(=O)C2)cc1C(F)(F)F. The average Bonchev–Trinajstić information content (AvgIpc) is 2.67. The number of hydrogen-bond acceptors (Lipinski definition) is 5. The van der Waals surface area contributed by atoms with E-state index in [9.17, 15) is 31.7 Å². The number of halogens is 3. The van der Waals surface area contributed by atoms with Gasteiger partial charge in [-0.05, 0) is 18.6 Å². The van der Waals surface area contributed by atoms with E-state index in [0.29, 0.717) is 12.5 Å². The van der Waals surface area contributed by atoms with Crippen LogP contribution < -0.4 is 5.32 Å². The van der Waals surface area contributed by atoms with Crippen LogP contribution in [0, 0.1) is 10.1 Å². The Hall–Kier alpha value is -1.84. The number of sulfone groups is 1. The maximum Gasteiger partial charge on any atom is 0.423 e. The molecular formula is C11H11F3N2O4S. The lowest BCUT2D eigenvalue weighted by Crippen LogP contribution is -2.21. The first kappa shape index (κ1) is 15.5. The molecule has 0 radical (unpaired) electrons. The van der Waals surface area contributed by atoms with Crippen LogP contribution in [-0.2, 0) is 16.0 Å². The number of nitro benzene ring substituents is 1. The van der Waals surface area contributed by atoms with Crippen molar-refractivity contribution in [2.45, 2.75) is 18.6 Å². The molecule has 0 aromatic heterocycles. The maximum absolute atomic E-state index is 12.8. The minimum Gasteiger partial charge on any atom is -0.381 e. The zero-order valence-corrected chi connectivity index (χ0v) is 11.4. The number of alkyl halides is 3. The molecule has 116 valence electrons. The van der Waals surface area contributed by atoms with Crippen molar-refractivity contribution in [2.24, 2.45) is 0 Å². The molecule has 6 nitrogen and oxygen atoms in total. The lowest BCUT2D eigenvalue weighted by atomic mass is 10.1. The second-order valence-corrected chi connectivity index (χ2v) is 6.96. The molecule has 1 saturated heterocycles. The minimum atomic E-state index is -4.86. The molecule has 1 N–H and O–H groups in total. The number of rotatable bonds is 3. The van der Waals surface area contributed by atoms with E-state index in [-0.39, 0.29) is 17.2 Å². The molecule has 21 heavy (non-hydrogen) atoms. The molecule has 1 aromatic carbocycles. The number of benzene rings is 1. The summed E-state index contributed by atoms with van der Waals surface area (Å²) in [5, 5.41) is 13.3. The Morgan fingerprint density at radius 3 is 2.48 bits per heavy atom. The predicted molar refractivity (Wildman–Crippen MR) is 68.8 cm³/mol. The molecule has 1 aromatic rings. The van der Waals surface area contributed by atoms with Gasteiger partial charge < -0.3 is 5.32 Å². The number of nitro groups is 1. The molecule has 1 fully saturated rings. The van der Waals surface area contributed by atoms with Crippen molar-refractivity contribution in [3.8, 4) is 0 Å². The summed E-state index contributed by atoms with van der Waals surface area (Å²) in [6.07, 6.45) is -4.57. The van der Waals surface area contributed by atoms with E-state index in [2.05, 4.69) is 5.32 Å². The largest absolute Gasteiger partial charge is 0.423 e. The third-order valence-corrected chi connectivity index (χ3v) is 4.87. The van der Waals surface area contributed by atoms with Crippen LogP contribution in [0.1, 0.15) is 12.0 Å². The zero-order valence-electron chi connectivity index (χ0n) is 10.6. The molecule has 0 amide bonds. The van der Waals surface area contributed by atoms with E-state index in [1.807, 2.05) is 0 Å². The van der Waals surface area contributed by atoms with Crippen molar-refractivity contribution < 1.29 is 26.5 Å². The Bertz CT molecular complexity index is 673. The number of anilines is 1. The zero-order chi connectivity index (χ0) is 15.8. The number of nitrogens with zero attached hydrogens (tertiary/aromatic N) is 1. The average molecular weight is 324 g/mol. The fourth-order valence-electron chi connectivity index (χ4n) is 2.16. The van der Waals surface area contributed by atoms with Crippen LogP contribution in [0.3, 0.4) is 0 Å². The first-order chi connectivity index (χ1) is 9.58. The molecule has 0 saturated carbocycles. The van der Waals surface area contributed by atoms with Crippen LogP contribution in [0.2, 0.25) is 0 Å². The predicted octanol–water partition coefficient (Wildman–Crippen LogP) is 2.21. The van der Waals surface area contributed by atoms with E-state index in [0.717, 1.165) is 12.1 Å². The van der Waals surface area contributed by atoms with Gasteiger partial charge in [-0.2, -0.15) is 13.2 Å². The lowest BCUT2D eigenvalue weighted by molar-refractivity contribution is -0.388. The Kier molecular flexibility index (Phi) is 3.83. The molecule has 0 aliphatic carbocycles. The van der Waals surface area contributed by atoms with Crippen LogP contribution in [0.4, 0.5) is 24.5 Å². The van der Waals surface area contributed by atoms with Crippen molar-refractivity contribution in [3.63, 3.8) is 0 Å². The summed E-state index contributed by atoms with van der Waals surface area (Å²) in [5.41, 5.74) is -2.39. The van der Waals surface area contributed by atoms with Crippen molar-refractivity contribution in [2.75, 3.05) is 16.8 Å². The van der Waals surface area contributed by atoms with Gasteiger partial charge in [-0.25, -0.2) is 8.42 Å². The van der Waals surface area contributed by atoms with Gasteiger partial charge in [0.2, 0.25) is 0 Å². The van der Waals surface area contributed by atoms with Crippen LogP contribution >= 0.6 is 0 Å². The normalized spacial score (nSPS) is 21.2. The van der Waals surface area contributed by atoms with E-state index < -0.39 is 38.2 Å². The second kappa shape index (κ2) is 5.17. The third kappa shape index (κ3) is 3.63. The van der Waals surface area contributed by atoms with Crippen molar-refractivity contribution >= 4 is 21.2 Å². The molecule has 0 bridgehead atoms. The first-order valence-corrected chi connectivity index (χ1v) is 7.73. The summed E-state index contributed by atoms with van der Waals surface area (Å²) in [7, 11) is -3.17. The Balaban J connectivity index is 2.28. The monoisotopic (exact) mass is 324 g/mol. The molecule has 1 unspecified atom stereocenters. The van der Waals surface area contributed by atoms with E-state index >= 15 is 0 Å². The molecule has 2 rings (SSSR count). The van der Waals surface area contributed by atoms with E-state index in [4.69, 9.17) is 0 Å². The van der Waals surface area contributed by atoms with E-state index in [1.165, 1.54) is 0 Å². The fraction of sp³-hybridized carbons (Fsp3) is 0.455. The van der Waals surface area contributed by atoms with Crippen molar-refractivity contribution in [3.05, 3.63) is 33.9 Å². The highest BCUT2D eigenvalue weighted by atomic mass is 32.2. The minimum absolute atomic E-state index is 0.00928. The Morgan fingerprint density at radius 1 is 1.33 bits per heavy atom. The van der Waals surface area contributed by atoms with Gasteiger partial charge in [0.15, 0.2) is 9.84 Å². The van der Waals surface area contributed by atoms with Gasteiger partial charge in [0.25, 0.3) is 5.69 Å². The van der Waals surface area contributed by atoms with Crippen molar-refractivity contribution in [1.29, 1.82) is 0 Å². The summed E-state index contributed by atoms with van der Waals surface area (Å²) in [4.78, 5) is 9.51. The maximum atomic E-state index is 12.8. The van der Waals surface area contributed by atoms with Gasteiger partial charge in [0, 0.05) is 17.8 Å². The Labute approximate surface area is 118 Å². The van der Waals surface area contributed by atoms with Gasteiger partial charge >= 0.3 is 6.18 Å². The van der Waals surface area contributed by atoms with Crippen LogP contribution in [0.5, 0.6) is 0 Å². The van der Waals surface area contributed by atoms with Gasteiger partial charge in [-0.15, -0.1) is 0 Å². The molecule has 1 atom stereocenters. The van der Waals surface area contributed by atoms with Gasteiger partial charge in [0.1, 0.15) is 5.56 Å². The van der Waals surface area contributed by atoms with Gasteiger partial charge in [-0.1, -0.05) is 0 Å². The standard InChI is InChI=1S/C11H11F3N2O4S/c12-11(13,14)9-5-7(1-2-10(9)16(17)18)15-8-3-4-21(19,20)6-8/h1-2,5,8,15H,3-4,6H2. The number of hydrogen-bond donors (Lipinski definition) is 1. The quantitative estimate of drug-likeness (QED) is 0.680. The third-order valence-electron chi connectivity index (χ3n) is 3.10. The molecule has 0 spiro atoms. The Morgan fingerprint density at radius 2 is 2.00 bits per heavy atom. The molecule has 10 heteroatoms. The lowest BCUT2D eigenvalue weighted by Gasteiger charge is -2.14. The second-order valence-electron chi connectivity index (χ2n) is 4.73. The smallest absolute Gasteiger partial charge is 0.381 e. The summed E-state index contributed by atoms with van der Waals surface area (Å²) < 4.78 is 61.0. The summed E-state index contributed by atoms with van der Waals surface area (Å²) in [6.45, 7) is 0. The van der Waals surface area contributed by atoms with Crippen LogP contribution in [0.15, 0.2) is 18.2 Å². The molecule has 1 heterocycles. The van der Waals surface area contributed by atoms with Gasteiger partial charge in [-0.3, -0.25) is 10.1 Å². The fourth-order valence-corrected chi connectivity index (χ4v) is 3.83. The van der Waals surface area contributed by atoms with Crippen LogP contribution in [0.25, 0.3) is 0 Å². The summed E-state index contributed by atoms with van der Waals surface area (Å²) >= 11 is 0. The highest BCUT2D eigenvalue weighted by Gasteiger charge is 2.38. The highest BCUT2D eigenvalue weighted by Crippen LogP contribution is 2.37.